The Balaban J connectivity index is 2.44. The van der Waals surface area contributed by atoms with Crippen molar-refractivity contribution >= 4 is 12.1 Å². The fourth-order valence-corrected chi connectivity index (χ4v) is 1.93. The summed E-state index contributed by atoms with van der Waals surface area (Å²) in [4.78, 5) is 23.1. The van der Waals surface area contributed by atoms with E-state index < -0.39 is 0 Å². The highest BCUT2D eigenvalue weighted by Crippen LogP contribution is 2.16. The van der Waals surface area contributed by atoms with Crippen molar-refractivity contribution in [3.8, 4) is 0 Å². The smallest absolute Gasteiger partial charge is 0.193 e. The van der Waals surface area contributed by atoms with Crippen molar-refractivity contribution in [2.45, 2.75) is 13.8 Å². The number of benzene rings is 2. The molecule has 2 aromatic carbocycles. The molecule has 2 nitrogen and oxygen atoms in total. The fourth-order valence-electron chi connectivity index (χ4n) is 1.93. The zero-order valence-corrected chi connectivity index (χ0v) is 10.4. The molecule has 0 N–H and O–H groups in total. The molecule has 0 aliphatic rings. The number of hydrogen-bond acceptors (Lipinski definition) is 2. The SMILES string of the molecule is Cc1cc(C(=O)c2ccccc2C)ccc1C=O. The molecule has 2 rings (SSSR count). The van der Waals surface area contributed by atoms with Crippen LogP contribution in [0.4, 0.5) is 0 Å². The van der Waals surface area contributed by atoms with Crippen LogP contribution in [0.25, 0.3) is 0 Å². The highest BCUT2D eigenvalue weighted by atomic mass is 16.1. The van der Waals surface area contributed by atoms with Crippen molar-refractivity contribution in [3.63, 3.8) is 0 Å². The molecule has 0 amide bonds. The van der Waals surface area contributed by atoms with Crippen LogP contribution in [-0.4, -0.2) is 12.1 Å². The normalized spacial score (nSPS) is 10.1. The number of aryl methyl sites for hydroxylation is 2. The van der Waals surface area contributed by atoms with Gasteiger partial charge in [-0.2, -0.15) is 0 Å². The van der Waals surface area contributed by atoms with E-state index in [4.69, 9.17) is 0 Å². The first kappa shape index (κ1) is 12.2. The van der Waals surface area contributed by atoms with Crippen molar-refractivity contribution in [3.05, 3.63) is 70.3 Å². The monoisotopic (exact) mass is 238 g/mol. The van der Waals surface area contributed by atoms with Crippen LogP contribution in [0.15, 0.2) is 42.5 Å². The van der Waals surface area contributed by atoms with Crippen LogP contribution in [0.2, 0.25) is 0 Å². The largest absolute Gasteiger partial charge is 0.298 e. The molecule has 0 saturated heterocycles. The van der Waals surface area contributed by atoms with Gasteiger partial charge in [0.05, 0.1) is 0 Å². The van der Waals surface area contributed by atoms with Gasteiger partial charge in [0.15, 0.2) is 5.78 Å². The van der Waals surface area contributed by atoms with Crippen LogP contribution in [-0.2, 0) is 0 Å². The second kappa shape index (κ2) is 4.96. The van der Waals surface area contributed by atoms with Crippen molar-refractivity contribution in [1.82, 2.24) is 0 Å². The molecule has 0 saturated carbocycles. The van der Waals surface area contributed by atoms with Crippen LogP contribution in [0, 0.1) is 13.8 Å². The molecule has 0 aliphatic carbocycles. The number of ketones is 1. The maximum absolute atomic E-state index is 12.3. The quantitative estimate of drug-likeness (QED) is 0.607. The third-order valence-corrected chi connectivity index (χ3v) is 3.05. The van der Waals surface area contributed by atoms with Gasteiger partial charge >= 0.3 is 0 Å². The molecule has 0 aliphatic heterocycles. The van der Waals surface area contributed by atoms with Crippen molar-refractivity contribution < 1.29 is 9.59 Å². The van der Waals surface area contributed by atoms with E-state index >= 15 is 0 Å². The minimum absolute atomic E-state index is 0.00588. The molecule has 0 atom stereocenters. The molecule has 18 heavy (non-hydrogen) atoms. The molecule has 90 valence electrons. The zero-order valence-electron chi connectivity index (χ0n) is 10.4. The molecule has 2 aromatic rings. The first-order valence-electron chi connectivity index (χ1n) is 5.79. The number of carbonyl (C=O) groups excluding carboxylic acids is 2. The van der Waals surface area contributed by atoms with Crippen molar-refractivity contribution in [2.75, 3.05) is 0 Å². The van der Waals surface area contributed by atoms with E-state index in [1.165, 1.54) is 0 Å². The molecule has 0 radical (unpaired) electrons. The van der Waals surface area contributed by atoms with E-state index in [-0.39, 0.29) is 5.78 Å². The number of hydrogen-bond donors (Lipinski definition) is 0. The molecule has 0 aromatic heterocycles. The number of carbonyl (C=O) groups is 2. The van der Waals surface area contributed by atoms with Crippen LogP contribution in [0.5, 0.6) is 0 Å². The van der Waals surface area contributed by atoms with E-state index in [1.807, 2.05) is 38.1 Å². The Morgan fingerprint density at radius 3 is 2.33 bits per heavy atom. The van der Waals surface area contributed by atoms with Crippen LogP contribution in [0.3, 0.4) is 0 Å². The van der Waals surface area contributed by atoms with Gasteiger partial charge < -0.3 is 0 Å². The van der Waals surface area contributed by atoms with Crippen LogP contribution in [0.1, 0.15) is 37.4 Å². The van der Waals surface area contributed by atoms with Crippen molar-refractivity contribution in [2.24, 2.45) is 0 Å². The summed E-state index contributed by atoms with van der Waals surface area (Å²) >= 11 is 0. The highest BCUT2D eigenvalue weighted by molar-refractivity contribution is 6.10. The summed E-state index contributed by atoms with van der Waals surface area (Å²) < 4.78 is 0. The van der Waals surface area contributed by atoms with E-state index in [1.54, 1.807) is 18.2 Å². The zero-order chi connectivity index (χ0) is 13.1. The molecule has 0 bridgehead atoms. The first-order chi connectivity index (χ1) is 8.63. The topological polar surface area (TPSA) is 34.1 Å². The molecule has 0 heterocycles. The summed E-state index contributed by atoms with van der Waals surface area (Å²) in [6, 6.07) is 12.7. The summed E-state index contributed by atoms with van der Waals surface area (Å²) in [5.41, 5.74) is 3.73. The van der Waals surface area contributed by atoms with E-state index in [0.29, 0.717) is 16.7 Å². The lowest BCUT2D eigenvalue weighted by Gasteiger charge is -2.06. The third-order valence-electron chi connectivity index (χ3n) is 3.05. The minimum Gasteiger partial charge on any atom is -0.298 e. The molecule has 0 unspecified atom stereocenters. The van der Waals surface area contributed by atoms with Crippen LogP contribution >= 0.6 is 0 Å². The molecular weight excluding hydrogens is 224 g/mol. The number of aldehydes is 1. The van der Waals surface area contributed by atoms with Gasteiger partial charge in [0.25, 0.3) is 0 Å². The molecule has 0 fully saturated rings. The van der Waals surface area contributed by atoms with Gasteiger partial charge in [-0.1, -0.05) is 36.4 Å². The lowest BCUT2D eigenvalue weighted by molar-refractivity contribution is 0.103. The molecular formula is C16H14O2. The number of rotatable bonds is 3. The second-order valence-corrected chi connectivity index (χ2v) is 4.33. The third kappa shape index (κ3) is 2.23. The van der Waals surface area contributed by atoms with Gasteiger partial charge in [-0.05, 0) is 31.0 Å². The summed E-state index contributed by atoms with van der Waals surface area (Å²) in [5.74, 6) is -0.00588. The summed E-state index contributed by atoms with van der Waals surface area (Å²) in [5, 5.41) is 0. The van der Waals surface area contributed by atoms with E-state index in [2.05, 4.69) is 0 Å². The Labute approximate surface area is 106 Å². The Kier molecular flexibility index (Phi) is 3.38. The minimum atomic E-state index is -0.00588. The van der Waals surface area contributed by atoms with Gasteiger partial charge in [0.1, 0.15) is 6.29 Å². The van der Waals surface area contributed by atoms with Gasteiger partial charge in [0, 0.05) is 16.7 Å². The lowest BCUT2D eigenvalue weighted by Crippen LogP contribution is -2.04. The maximum Gasteiger partial charge on any atom is 0.193 e. The summed E-state index contributed by atoms with van der Waals surface area (Å²) in [6.45, 7) is 3.75. The predicted molar refractivity (Wildman–Crippen MR) is 71.2 cm³/mol. The van der Waals surface area contributed by atoms with E-state index in [9.17, 15) is 9.59 Å². The maximum atomic E-state index is 12.3. The van der Waals surface area contributed by atoms with Gasteiger partial charge in [0.2, 0.25) is 0 Å². The highest BCUT2D eigenvalue weighted by Gasteiger charge is 2.12. The standard InChI is InChI=1S/C16H14O2/c1-11-5-3-4-6-15(11)16(18)13-7-8-14(10-17)12(2)9-13/h3-10H,1-2H3. The van der Waals surface area contributed by atoms with E-state index in [0.717, 1.165) is 17.4 Å². The Morgan fingerprint density at radius 1 is 1.00 bits per heavy atom. The molecule has 2 heteroatoms. The Morgan fingerprint density at radius 2 is 1.72 bits per heavy atom. The summed E-state index contributed by atoms with van der Waals surface area (Å²) in [7, 11) is 0. The Hall–Kier alpha value is -2.22. The summed E-state index contributed by atoms with van der Waals surface area (Å²) in [6.07, 6.45) is 0.803. The first-order valence-corrected chi connectivity index (χ1v) is 5.79. The Bertz CT molecular complexity index is 612. The van der Waals surface area contributed by atoms with Gasteiger partial charge in [-0.15, -0.1) is 0 Å². The predicted octanol–water partition coefficient (Wildman–Crippen LogP) is 3.35. The van der Waals surface area contributed by atoms with Crippen molar-refractivity contribution in [1.29, 1.82) is 0 Å². The van der Waals surface area contributed by atoms with Gasteiger partial charge in [-0.25, -0.2) is 0 Å². The molecule has 0 spiro atoms. The van der Waals surface area contributed by atoms with Gasteiger partial charge in [-0.3, -0.25) is 9.59 Å². The lowest BCUT2D eigenvalue weighted by atomic mass is 9.96. The average molecular weight is 238 g/mol. The second-order valence-electron chi connectivity index (χ2n) is 4.33. The fraction of sp³-hybridized carbons (Fsp3) is 0.125. The average Bonchev–Trinajstić information content (AvgIpc) is 2.38. The van der Waals surface area contributed by atoms with Crippen LogP contribution < -0.4 is 0 Å².